The highest BCUT2D eigenvalue weighted by atomic mass is 16.5. The molecule has 0 unspecified atom stereocenters. The Morgan fingerprint density at radius 3 is 1.79 bits per heavy atom. The summed E-state index contributed by atoms with van der Waals surface area (Å²) in [4.78, 5) is 3.56. The van der Waals surface area contributed by atoms with E-state index in [1.807, 2.05) is 18.2 Å². The van der Waals surface area contributed by atoms with Crippen LogP contribution < -0.4 is 0 Å². The summed E-state index contributed by atoms with van der Waals surface area (Å²) in [6, 6.07) is 31.2. The van der Waals surface area contributed by atoms with E-state index >= 15 is 0 Å². The van der Waals surface area contributed by atoms with Crippen molar-refractivity contribution in [2.75, 3.05) is 7.11 Å². The van der Waals surface area contributed by atoms with E-state index in [1.54, 1.807) is 7.11 Å². The lowest BCUT2D eigenvalue weighted by atomic mass is 9.83. The van der Waals surface area contributed by atoms with Crippen LogP contribution in [0.5, 0.6) is 0 Å². The molecule has 0 saturated carbocycles. The lowest BCUT2D eigenvalue weighted by Crippen LogP contribution is -2.31. The van der Waals surface area contributed by atoms with E-state index in [9.17, 15) is 0 Å². The quantitative estimate of drug-likeness (QED) is 0.556. The molecule has 0 radical (unpaired) electrons. The minimum absolute atomic E-state index is 0.665. The molecule has 1 heterocycles. The summed E-state index contributed by atoms with van der Waals surface area (Å²) in [7, 11) is 1.77. The zero-order valence-corrected chi connectivity index (χ0v) is 13.6. The van der Waals surface area contributed by atoms with Crippen LogP contribution in [-0.4, -0.2) is 12.1 Å². The Morgan fingerprint density at radius 2 is 1.25 bits per heavy atom. The van der Waals surface area contributed by atoms with Crippen molar-refractivity contribution in [3.8, 4) is 0 Å². The third-order valence-electron chi connectivity index (χ3n) is 4.58. The molecular formula is C22H19NO. The molecule has 24 heavy (non-hydrogen) atoms. The lowest BCUT2D eigenvalue weighted by molar-refractivity contribution is 0.0554. The second kappa shape index (κ2) is 5.99. The van der Waals surface area contributed by atoms with Crippen molar-refractivity contribution in [1.29, 1.82) is 0 Å². The molecule has 2 heteroatoms. The summed E-state index contributed by atoms with van der Waals surface area (Å²) in [6.45, 7) is 0. The first-order chi connectivity index (χ1) is 11.8. The monoisotopic (exact) mass is 313 g/mol. The molecule has 4 aromatic rings. The SMILES string of the molecule is COC(c1ccccc1)(c1ccccc1)c1cc2ccccc2[nH]1. The van der Waals surface area contributed by atoms with Gasteiger partial charge in [-0.3, -0.25) is 0 Å². The van der Waals surface area contributed by atoms with E-state index < -0.39 is 5.60 Å². The van der Waals surface area contributed by atoms with Gasteiger partial charge in [0.05, 0.1) is 5.69 Å². The summed E-state index contributed by atoms with van der Waals surface area (Å²) in [5, 5.41) is 1.18. The van der Waals surface area contributed by atoms with Crippen LogP contribution >= 0.6 is 0 Å². The van der Waals surface area contributed by atoms with Gasteiger partial charge in [0.1, 0.15) is 0 Å². The van der Waals surface area contributed by atoms with E-state index in [0.717, 1.165) is 22.3 Å². The molecule has 4 rings (SSSR count). The number of H-pyrrole nitrogens is 1. The van der Waals surface area contributed by atoms with Gasteiger partial charge in [0.2, 0.25) is 0 Å². The second-order valence-electron chi connectivity index (χ2n) is 5.89. The Labute approximate surface area is 141 Å². The van der Waals surface area contributed by atoms with E-state index in [4.69, 9.17) is 4.74 Å². The van der Waals surface area contributed by atoms with Gasteiger partial charge in [-0.05, 0) is 28.6 Å². The van der Waals surface area contributed by atoms with E-state index in [2.05, 4.69) is 77.8 Å². The fourth-order valence-electron chi connectivity index (χ4n) is 3.43. The molecule has 0 bridgehead atoms. The Bertz CT molecular complexity index is 869. The maximum atomic E-state index is 6.19. The number of ether oxygens (including phenoxy) is 1. The highest BCUT2D eigenvalue weighted by Gasteiger charge is 2.37. The Kier molecular flexibility index (Phi) is 3.68. The second-order valence-corrected chi connectivity index (χ2v) is 5.89. The predicted molar refractivity (Wildman–Crippen MR) is 98.1 cm³/mol. The van der Waals surface area contributed by atoms with Gasteiger partial charge in [-0.1, -0.05) is 78.9 Å². The van der Waals surface area contributed by atoms with E-state index in [-0.39, 0.29) is 0 Å². The first kappa shape index (κ1) is 14.7. The van der Waals surface area contributed by atoms with Crippen molar-refractivity contribution in [2.24, 2.45) is 0 Å². The van der Waals surface area contributed by atoms with Gasteiger partial charge in [-0.2, -0.15) is 0 Å². The van der Waals surface area contributed by atoms with Gasteiger partial charge >= 0.3 is 0 Å². The fraction of sp³-hybridized carbons (Fsp3) is 0.0909. The Hall–Kier alpha value is -2.84. The summed E-state index contributed by atoms with van der Waals surface area (Å²) in [6.07, 6.45) is 0. The molecule has 0 saturated heterocycles. The molecule has 0 aliphatic rings. The first-order valence-electron chi connectivity index (χ1n) is 8.09. The third kappa shape index (κ3) is 2.24. The van der Waals surface area contributed by atoms with E-state index in [1.165, 1.54) is 5.39 Å². The number of para-hydroxylation sites is 1. The average molecular weight is 313 g/mol. The lowest BCUT2D eigenvalue weighted by Gasteiger charge is -2.33. The van der Waals surface area contributed by atoms with Crippen molar-refractivity contribution in [1.82, 2.24) is 4.98 Å². The highest BCUT2D eigenvalue weighted by Crippen LogP contribution is 2.40. The normalized spacial score (nSPS) is 11.7. The maximum absolute atomic E-state index is 6.19. The van der Waals surface area contributed by atoms with Crippen molar-refractivity contribution < 1.29 is 4.74 Å². The molecular weight excluding hydrogens is 294 g/mol. The fourth-order valence-corrected chi connectivity index (χ4v) is 3.43. The van der Waals surface area contributed by atoms with Crippen LogP contribution in [0.3, 0.4) is 0 Å². The van der Waals surface area contributed by atoms with E-state index in [0.29, 0.717) is 0 Å². The number of methoxy groups -OCH3 is 1. The van der Waals surface area contributed by atoms with Crippen LogP contribution in [-0.2, 0) is 10.3 Å². The molecule has 0 spiro atoms. The number of nitrogens with one attached hydrogen (secondary N) is 1. The van der Waals surface area contributed by atoms with Crippen LogP contribution in [0.15, 0.2) is 91.0 Å². The van der Waals surface area contributed by atoms with Gasteiger partial charge in [-0.25, -0.2) is 0 Å². The van der Waals surface area contributed by atoms with Crippen LogP contribution in [0.2, 0.25) is 0 Å². The molecule has 0 aliphatic heterocycles. The summed E-state index contributed by atoms with van der Waals surface area (Å²) >= 11 is 0. The summed E-state index contributed by atoms with van der Waals surface area (Å²) in [5.74, 6) is 0. The van der Waals surface area contributed by atoms with Gasteiger partial charge in [0.25, 0.3) is 0 Å². The Morgan fingerprint density at radius 1 is 0.708 bits per heavy atom. The average Bonchev–Trinajstić information content (AvgIpc) is 3.09. The summed E-state index contributed by atoms with van der Waals surface area (Å²) in [5.41, 5.74) is 3.68. The van der Waals surface area contributed by atoms with Crippen molar-refractivity contribution in [3.05, 3.63) is 108 Å². The van der Waals surface area contributed by atoms with Crippen LogP contribution in [0.4, 0.5) is 0 Å². The van der Waals surface area contributed by atoms with Crippen molar-refractivity contribution >= 4 is 10.9 Å². The number of fused-ring (bicyclic) bond motifs is 1. The number of benzene rings is 3. The number of aromatic nitrogens is 1. The number of hydrogen-bond acceptors (Lipinski definition) is 1. The molecule has 0 fully saturated rings. The summed E-state index contributed by atoms with van der Waals surface area (Å²) < 4.78 is 6.19. The standard InChI is InChI=1S/C22H19NO/c1-24-22(18-11-4-2-5-12-18,19-13-6-3-7-14-19)21-16-17-10-8-9-15-20(17)23-21/h2-16,23H,1H3. The minimum atomic E-state index is -0.665. The number of rotatable bonds is 4. The number of hydrogen-bond donors (Lipinski definition) is 1. The first-order valence-corrected chi connectivity index (χ1v) is 8.09. The molecule has 1 aromatic heterocycles. The number of aromatic amines is 1. The molecule has 118 valence electrons. The molecule has 0 atom stereocenters. The highest BCUT2D eigenvalue weighted by molar-refractivity contribution is 5.81. The molecule has 1 N–H and O–H groups in total. The van der Waals surface area contributed by atoms with Crippen LogP contribution in [0.1, 0.15) is 16.8 Å². The maximum Gasteiger partial charge on any atom is 0.157 e. The smallest absolute Gasteiger partial charge is 0.157 e. The topological polar surface area (TPSA) is 25.0 Å². The van der Waals surface area contributed by atoms with Crippen LogP contribution in [0.25, 0.3) is 10.9 Å². The van der Waals surface area contributed by atoms with Gasteiger partial charge in [-0.15, -0.1) is 0 Å². The molecule has 0 aliphatic carbocycles. The van der Waals surface area contributed by atoms with Crippen LogP contribution in [0, 0.1) is 0 Å². The van der Waals surface area contributed by atoms with Crippen molar-refractivity contribution in [3.63, 3.8) is 0 Å². The minimum Gasteiger partial charge on any atom is -0.363 e. The largest absolute Gasteiger partial charge is 0.363 e. The molecule has 2 nitrogen and oxygen atoms in total. The van der Waals surface area contributed by atoms with Gasteiger partial charge in [0.15, 0.2) is 5.60 Å². The van der Waals surface area contributed by atoms with Gasteiger partial charge in [0, 0.05) is 12.6 Å². The zero-order valence-electron chi connectivity index (χ0n) is 13.6. The Balaban J connectivity index is 2.03. The molecule has 3 aromatic carbocycles. The predicted octanol–water partition coefficient (Wildman–Crippen LogP) is 5.11. The van der Waals surface area contributed by atoms with Gasteiger partial charge < -0.3 is 9.72 Å². The van der Waals surface area contributed by atoms with Crippen molar-refractivity contribution in [2.45, 2.75) is 5.60 Å². The zero-order chi connectivity index (χ0) is 16.4. The third-order valence-corrected chi connectivity index (χ3v) is 4.58. The molecule has 0 amide bonds.